The molecular weight excluding hydrogens is 291 g/mol. The molecule has 0 saturated carbocycles. The van der Waals surface area contributed by atoms with Crippen LogP contribution in [-0.2, 0) is 10.2 Å². The molecule has 0 unspecified atom stereocenters. The van der Waals surface area contributed by atoms with Crippen molar-refractivity contribution in [3.63, 3.8) is 0 Å². The highest BCUT2D eigenvalue weighted by molar-refractivity contribution is 6.31. The molecule has 0 bridgehead atoms. The van der Waals surface area contributed by atoms with Gasteiger partial charge in [0.05, 0.1) is 5.02 Å². The Morgan fingerprint density at radius 3 is 2.33 bits per heavy atom. The number of carbonyl (C=O) groups is 2. The fourth-order valence-corrected chi connectivity index (χ4v) is 2.28. The minimum absolute atomic E-state index is 0.0320. The van der Waals surface area contributed by atoms with Gasteiger partial charge in [-0.2, -0.15) is 0 Å². The molecule has 0 aliphatic heterocycles. The molecule has 2 nitrogen and oxygen atoms in total. The van der Waals surface area contributed by atoms with E-state index in [0.29, 0.717) is 30.4 Å². The molecule has 0 aromatic heterocycles. The molecule has 0 aliphatic rings. The van der Waals surface area contributed by atoms with Crippen molar-refractivity contribution in [3.8, 4) is 0 Å². The van der Waals surface area contributed by atoms with Gasteiger partial charge >= 0.3 is 0 Å². The van der Waals surface area contributed by atoms with Gasteiger partial charge < -0.3 is 0 Å². The predicted molar refractivity (Wildman–Crippen MR) is 83.6 cm³/mol. The van der Waals surface area contributed by atoms with E-state index in [1.54, 1.807) is 13.0 Å². The zero-order chi connectivity index (χ0) is 16.2. The van der Waals surface area contributed by atoms with Crippen molar-refractivity contribution in [1.29, 1.82) is 0 Å². The summed E-state index contributed by atoms with van der Waals surface area (Å²) in [7, 11) is 0. The smallest absolute Gasteiger partial charge is 0.162 e. The van der Waals surface area contributed by atoms with Crippen molar-refractivity contribution >= 4 is 23.2 Å². The lowest BCUT2D eigenvalue weighted by Gasteiger charge is -2.21. The average Bonchev–Trinajstić information content (AvgIpc) is 2.39. The van der Waals surface area contributed by atoms with Crippen LogP contribution in [-0.4, -0.2) is 11.6 Å². The Morgan fingerprint density at radius 1 is 1.19 bits per heavy atom. The molecule has 1 aromatic rings. The summed E-state index contributed by atoms with van der Waals surface area (Å²) in [5.74, 6) is -0.427. The third-order valence-electron chi connectivity index (χ3n) is 3.41. The third-order valence-corrected chi connectivity index (χ3v) is 3.69. The molecule has 4 heteroatoms. The van der Waals surface area contributed by atoms with Crippen LogP contribution in [0.25, 0.3) is 0 Å². The van der Waals surface area contributed by atoms with E-state index in [1.165, 1.54) is 6.07 Å². The van der Waals surface area contributed by atoms with E-state index >= 15 is 0 Å². The van der Waals surface area contributed by atoms with E-state index in [4.69, 9.17) is 11.6 Å². The van der Waals surface area contributed by atoms with Crippen LogP contribution in [0.1, 0.15) is 69.3 Å². The maximum atomic E-state index is 14.1. The number of halogens is 2. The summed E-state index contributed by atoms with van der Waals surface area (Å²) in [6.45, 7) is 7.42. The zero-order valence-corrected chi connectivity index (χ0v) is 13.8. The van der Waals surface area contributed by atoms with Gasteiger partial charge in [0, 0.05) is 24.8 Å². The van der Waals surface area contributed by atoms with Crippen LogP contribution in [0.5, 0.6) is 0 Å². The number of ketones is 2. The molecule has 0 aliphatic carbocycles. The maximum Gasteiger partial charge on any atom is 0.162 e. The number of benzene rings is 1. The number of hydrogen-bond donors (Lipinski definition) is 0. The third kappa shape index (κ3) is 4.92. The van der Waals surface area contributed by atoms with Crippen molar-refractivity contribution in [2.45, 2.75) is 58.8 Å². The van der Waals surface area contributed by atoms with Crippen LogP contribution < -0.4 is 0 Å². The highest BCUT2D eigenvalue weighted by Crippen LogP contribution is 2.31. The van der Waals surface area contributed by atoms with Gasteiger partial charge in [0.15, 0.2) is 5.78 Å². The number of hydrogen-bond acceptors (Lipinski definition) is 2. The molecule has 0 amide bonds. The molecule has 0 saturated heterocycles. The fourth-order valence-electron chi connectivity index (χ4n) is 2.06. The average molecular weight is 313 g/mol. The fraction of sp³-hybridized carbons (Fsp3) is 0.529. The van der Waals surface area contributed by atoms with Crippen molar-refractivity contribution in [1.82, 2.24) is 0 Å². The first-order chi connectivity index (χ1) is 9.66. The topological polar surface area (TPSA) is 34.1 Å². The lowest BCUT2D eigenvalue weighted by atomic mass is 9.85. The Morgan fingerprint density at radius 2 is 1.81 bits per heavy atom. The van der Waals surface area contributed by atoms with Crippen molar-refractivity contribution in [3.05, 3.63) is 34.1 Å². The highest BCUT2D eigenvalue weighted by Gasteiger charge is 2.22. The molecule has 0 heterocycles. The van der Waals surface area contributed by atoms with Crippen LogP contribution in [0, 0.1) is 5.82 Å². The van der Waals surface area contributed by atoms with E-state index in [1.807, 2.05) is 20.8 Å². The van der Waals surface area contributed by atoms with Gasteiger partial charge in [-0.05, 0) is 29.5 Å². The Kier molecular flexibility index (Phi) is 6.09. The number of carbonyl (C=O) groups excluding carboxylic acids is 2. The first kappa shape index (κ1) is 17.8. The molecule has 0 N–H and O–H groups in total. The SMILES string of the molecule is CCC(=O)CCCC(=O)c1cc(Cl)c(F)c(C(C)(C)C)c1. The lowest BCUT2D eigenvalue weighted by Crippen LogP contribution is -2.15. The largest absolute Gasteiger partial charge is 0.300 e. The first-order valence-electron chi connectivity index (χ1n) is 7.21. The Hall–Kier alpha value is -1.22. The molecule has 116 valence electrons. The summed E-state index contributed by atoms with van der Waals surface area (Å²) < 4.78 is 14.1. The second kappa shape index (κ2) is 7.17. The summed E-state index contributed by atoms with van der Waals surface area (Å²) in [5, 5.41) is -0.0320. The van der Waals surface area contributed by atoms with E-state index in [-0.39, 0.29) is 23.0 Å². The van der Waals surface area contributed by atoms with Gasteiger partial charge in [0.2, 0.25) is 0 Å². The molecule has 1 aromatic carbocycles. The monoisotopic (exact) mass is 312 g/mol. The summed E-state index contributed by atoms with van der Waals surface area (Å²) in [6.07, 6.45) is 1.69. The van der Waals surface area contributed by atoms with Crippen LogP contribution in [0.2, 0.25) is 5.02 Å². The molecule has 1 rings (SSSR count). The summed E-state index contributed by atoms with van der Waals surface area (Å²) in [6, 6.07) is 2.95. The number of rotatable bonds is 6. The quantitative estimate of drug-likeness (QED) is 0.684. The summed E-state index contributed by atoms with van der Waals surface area (Å²) >= 11 is 5.89. The van der Waals surface area contributed by atoms with Gasteiger partial charge in [-0.1, -0.05) is 39.3 Å². The molecule has 21 heavy (non-hydrogen) atoms. The van der Waals surface area contributed by atoms with E-state index in [9.17, 15) is 14.0 Å². The van der Waals surface area contributed by atoms with Gasteiger partial charge in [-0.3, -0.25) is 9.59 Å². The van der Waals surface area contributed by atoms with E-state index in [2.05, 4.69) is 0 Å². The Bertz CT molecular complexity index is 544. The van der Waals surface area contributed by atoms with Crippen molar-refractivity contribution in [2.75, 3.05) is 0 Å². The minimum atomic E-state index is -0.470. The van der Waals surface area contributed by atoms with Gasteiger partial charge in [-0.25, -0.2) is 4.39 Å². The highest BCUT2D eigenvalue weighted by atomic mass is 35.5. The zero-order valence-electron chi connectivity index (χ0n) is 13.1. The molecule has 0 radical (unpaired) electrons. The Labute approximate surface area is 130 Å². The molecule has 0 spiro atoms. The van der Waals surface area contributed by atoms with Gasteiger partial charge in [0.25, 0.3) is 0 Å². The second-order valence-corrected chi connectivity index (χ2v) is 6.65. The summed E-state index contributed by atoms with van der Waals surface area (Å²) in [5.41, 5.74) is 0.417. The first-order valence-corrected chi connectivity index (χ1v) is 7.59. The van der Waals surface area contributed by atoms with Gasteiger partial charge in [0.1, 0.15) is 11.6 Å². The van der Waals surface area contributed by atoms with Crippen LogP contribution >= 0.6 is 11.6 Å². The van der Waals surface area contributed by atoms with Crippen LogP contribution in [0.15, 0.2) is 12.1 Å². The second-order valence-electron chi connectivity index (χ2n) is 6.24. The maximum absolute atomic E-state index is 14.1. The van der Waals surface area contributed by atoms with Crippen LogP contribution in [0.4, 0.5) is 4.39 Å². The summed E-state index contributed by atoms with van der Waals surface area (Å²) in [4.78, 5) is 23.4. The van der Waals surface area contributed by atoms with E-state index < -0.39 is 11.2 Å². The van der Waals surface area contributed by atoms with Crippen LogP contribution in [0.3, 0.4) is 0 Å². The van der Waals surface area contributed by atoms with Crippen molar-refractivity contribution in [2.24, 2.45) is 0 Å². The number of Topliss-reactive ketones (excluding diaryl/α,β-unsaturated/α-hetero) is 2. The lowest BCUT2D eigenvalue weighted by molar-refractivity contribution is -0.118. The molecule has 0 fully saturated rings. The normalized spacial score (nSPS) is 11.5. The van der Waals surface area contributed by atoms with Gasteiger partial charge in [-0.15, -0.1) is 0 Å². The molecular formula is C17H22ClFO2. The molecule has 0 atom stereocenters. The van der Waals surface area contributed by atoms with E-state index in [0.717, 1.165) is 0 Å². The standard InChI is InChI=1S/C17H22ClFO2/c1-5-12(20)7-6-8-15(21)11-9-13(17(2,3)4)16(19)14(18)10-11/h9-10H,5-8H2,1-4H3. The van der Waals surface area contributed by atoms with Crippen molar-refractivity contribution < 1.29 is 14.0 Å². The minimum Gasteiger partial charge on any atom is -0.300 e. The predicted octanol–water partition coefficient (Wildman–Crippen LogP) is 5.11. The Balaban J connectivity index is 2.91.